The molecule has 1 aromatic heterocycles. The molecule has 0 N–H and O–H groups in total. The predicted molar refractivity (Wildman–Crippen MR) is 117 cm³/mol. The Hall–Kier alpha value is -1.41. The maximum absolute atomic E-state index is 13.1. The van der Waals surface area contributed by atoms with Gasteiger partial charge in [0.05, 0.1) is 4.90 Å². The maximum Gasteiger partial charge on any atom is 0.243 e. The number of thiophene rings is 1. The highest BCUT2D eigenvalue weighted by atomic mass is 32.2. The summed E-state index contributed by atoms with van der Waals surface area (Å²) in [6.07, 6.45) is 3.11. The van der Waals surface area contributed by atoms with Crippen LogP contribution in [0, 0.1) is 6.92 Å². The van der Waals surface area contributed by atoms with E-state index in [1.807, 2.05) is 13.0 Å². The number of hydrogen-bond acceptors (Lipinski definition) is 5. The SMILES string of the molecule is Cc1cccc(S(=O)(=O)N2CCc3sc(OC4CCN(C(C)C)CC4)cc3C2)c1. The van der Waals surface area contributed by atoms with Gasteiger partial charge in [0, 0.05) is 37.1 Å². The molecule has 0 unspecified atom stereocenters. The molecule has 158 valence electrons. The molecule has 7 heteroatoms. The molecule has 3 heterocycles. The van der Waals surface area contributed by atoms with E-state index in [2.05, 4.69) is 24.8 Å². The number of aryl methyl sites for hydroxylation is 1. The van der Waals surface area contributed by atoms with E-state index in [0.29, 0.717) is 24.0 Å². The first kappa shape index (κ1) is 20.8. The highest BCUT2D eigenvalue weighted by Gasteiger charge is 2.30. The summed E-state index contributed by atoms with van der Waals surface area (Å²) in [4.78, 5) is 4.13. The number of fused-ring (bicyclic) bond motifs is 1. The number of piperidine rings is 1. The molecule has 4 rings (SSSR count). The fraction of sp³-hybridized carbons (Fsp3) is 0.545. The summed E-state index contributed by atoms with van der Waals surface area (Å²) in [5.41, 5.74) is 2.05. The standard InChI is InChI=1S/C22H30N2O3S2/c1-16(2)23-10-7-19(8-11-23)27-22-14-18-15-24(12-9-21(18)28-22)29(25,26)20-6-4-5-17(3)13-20/h4-6,13-14,16,19H,7-12,15H2,1-3H3. The van der Waals surface area contributed by atoms with E-state index in [1.54, 1.807) is 33.8 Å². The lowest BCUT2D eigenvalue weighted by Crippen LogP contribution is -2.41. The lowest BCUT2D eigenvalue weighted by molar-refractivity contribution is 0.0867. The fourth-order valence-electron chi connectivity index (χ4n) is 4.14. The van der Waals surface area contributed by atoms with Crippen molar-refractivity contribution < 1.29 is 13.2 Å². The van der Waals surface area contributed by atoms with Crippen LogP contribution >= 0.6 is 11.3 Å². The first-order valence-corrected chi connectivity index (χ1v) is 12.7. The summed E-state index contributed by atoms with van der Waals surface area (Å²) in [6.45, 7) is 9.51. The second kappa shape index (κ2) is 8.38. The van der Waals surface area contributed by atoms with Gasteiger partial charge in [-0.25, -0.2) is 8.42 Å². The Bertz CT molecular complexity index is 960. The molecule has 2 aliphatic heterocycles. The molecule has 0 amide bonds. The quantitative estimate of drug-likeness (QED) is 0.712. The van der Waals surface area contributed by atoms with Gasteiger partial charge >= 0.3 is 0 Å². The third-order valence-corrected chi connectivity index (χ3v) is 8.90. The molecule has 1 aromatic carbocycles. The summed E-state index contributed by atoms with van der Waals surface area (Å²) in [7, 11) is -3.47. The third kappa shape index (κ3) is 4.53. The fourth-order valence-corrected chi connectivity index (χ4v) is 6.74. The van der Waals surface area contributed by atoms with Crippen LogP contribution < -0.4 is 4.74 Å². The van der Waals surface area contributed by atoms with Crippen LogP contribution in [0.2, 0.25) is 0 Å². The molecule has 0 bridgehead atoms. The van der Waals surface area contributed by atoms with Crippen molar-refractivity contribution in [2.75, 3.05) is 19.6 Å². The maximum atomic E-state index is 13.1. The van der Waals surface area contributed by atoms with Gasteiger partial charge in [-0.05, 0) is 69.4 Å². The Kier molecular flexibility index (Phi) is 6.02. The number of nitrogens with zero attached hydrogens (tertiary/aromatic N) is 2. The van der Waals surface area contributed by atoms with Crippen LogP contribution in [-0.4, -0.2) is 49.4 Å². The van der Waals surface area contributed by atoms with E-state index < -0.39 is 10.0 Å². The molecule has 29 heavy (non-hydrogen) atoms. The zero-order chi connectivity index (χ0) is 20.6. The Morgan fingerprint density at radius 1 is 1.14 bits per heavy atom. The minimum atomic E-state index is -3.47. The number of ether oxygens (including phenoxy) is 1. The monoisotopic (exact) mass is 434 g/mol. The minimum Gasteiger partial charge on any atom is -0.481 e. The molecular weight excluding hydrogens is 404 g/mol. The Balaban J connectivity index is 1.43. The molecule has 1 saturated heterocycles. The van der Waals surface area contributed by atoms with E-state index in [0.717, 1.165) is 48.5 Å². The van der Waals surface area contributed by atoms with Gasteiger partial charge in [0.1, 0.15) is 6.10 Å². The smallest absolute Gasteiger partial charge is 0.243 e. The number of benzene rings is 1. The molecule has 0 aliphatic carbocycles. The van der Waals surface area contributed by atoms with Crippen molar-refractivity contribution in [2.24, 2.45) is 0 Å². The van der Waals surface area contributed by atoms with Crippen molar-refractivity contribution in [3.63, 3.8) is 0 Å². The molecule has 5 nitrogen and oxygen atoms in total. The molecule has 0 spiro atoms. The van der Waals surface area contributed by atoms with Gasteiger partial charge < -0.3 is 9.64 Å². The van der Waals surface area contributed by atoms with Gasteiger partial charge in [-0.1, -0.05) is 12.1 Å². The highest BCUT2D eigenvalue weighted by Crippen LogP contribution is 2.36. The molecule has 0 atom stereocenters. The predicted octanol–water partition coefficient (Wildman–Crippen LogP) is 4.06. The van der Waals surface area contributed by atoms with Crippen LogP contribution in [0.25, 0.3) is 0 Å². The van der Waals surface area contributed by atoms with Gasteiger partial charge in [-0.15, -0.1) is 11.3 Å². The molecule has 0 saturated carbocycles. The lowest BCUT2D eigenvalue weighted by Gasteiger charge is -2.34. The van der Waals surface area contributed by atoms with Crippen LogP contribution in [0.3, 0.4) is 0 Å². The summed E-state index contributed by atoms with van der Waals surface area (Å²) < 4.78 is 34.0. The molecular formula is C22H30N2O3S2. The summed E-state index contributed by atoms with van der Waals surface area (Å²) in [5, 5.41) is 0.938. The van der Waals surface area contributed by atoms with Crippen LogP contribution in [-0.2, 0) is 23.0 Å². The van der Waals surface area contributed by atoms with Gasteiger partial charge in [0.25, 0.3) is 0 Å². The normalized spacial score (nSPS) is 19.4. The van der Waals surface area contributed by atoms with Gasteiger partial charge in [0.15, 0.2) is 5.06 Å². The van der Waals surface area contributed by atoms with Crippen molar-refractivity contribution in [1.29, 1.82) is 0 Å². The second-order valence-corrected chi connectivity index (χ2v) is 11.4. The highest BCUT2D eigenvalue weighted by molar-refractivity contribution is 7.89. The van der Waals surface area contributed by atoms with E-state index in [1.165, 1.54) is 4.88 Å². The summed E-state index contributed by atoms with van der Waals surface area (Å²) in [6, 6.07) is 9.80. The molecule has 2 aromatic rings. The van der Waals surface area contributed by atoms with Crippen molar-refractivity contribution in [1.82, 2.24) is 9.21 Å². The van der Waals surface area contributed by atoms with Crippen molar-refractivity contribution in [3.05, 3.63) is 46.3 Å². The lowest BCUT2D eigenvalue weighted by atomic mass is 10.1. The third-order valence-electron chi connectivity index (χ3n) is 5.93. The van der Waals surface area contributed by atoms with Crippen molar-refractivity contribution in [2.45, 2.75) is 63.6 Å². The average Bonchev–Trinajstić information content (AvgIpc) is 3.09. The largest absolute Gasteiger partial charge is 0.481 e. The zero-order valence-electron chi connectivity index (χ0n) is 17.4. The number of likely N-dealkylation sites (tertiary alicyclic amines) is 1. The molecule has 1 fully saturated rings. The van der Waals surface area contributed by atoms with E-state index in [-0.39, 0.29) is 6.10 Å². The number of sulfonamides is 1. The first-order valence-electron chi connectivity index (χ1n) is 10.4. The Morgan fingerprint density at radius 3 is 2.59 bits per heavy atom. The van der Waals surface area contributed by atoms with Crippen LogP contribution in [0.5, 0.6) is 5.06 Å². The molecule has 2 aliphatic rings. The van der Waals surface area contributed by atoms with Crippen LogP contribution in [0.1, 0.15) is 42.7 Å². The van der Waals surface area contributed by atoms with E-state index in [4.69, 9.17) is 4.74 Å². The second-order valence-electron chi connectivity index (χ2n) is 8.37. The first-order chi connectivity index (χ1) is 13.8. The topological polar surface area (TPSA) is 49.9 Å². The molecule has 0 radical (unpaired) electrons. The Labute approximate surface area is 178 Å². The van der Waals surface area contributed by atoms with Gasteiger partial charge in [-0.3, -0.25) is 0 Å². The van der Waals surface area contributed by atoms with Crippen LogP contribution in [0.15, 0.2) is 35.2 Å². The summed E-state index contributed by atoms with van der Waals surface area (Å²) >= 11 is 1.69. The average molecular weight is 435 g/mol. The number of hydrogen-bond donors (Lipinski definition) is 0. The number of rotatable bonds is 5. The van der Waals surface area contributed by atoms with Crippen LogP contribution in [0.4, 0.5) is 0 Å². The van der Waals surface area contributed by atoms with Gasteiger partial charge in [-0.2, -0.15) is 4.31 Å². The van der Waals surface area contributed by atoms with Crippen molar-refractivity contribution in [3.8, 4) is 5.06 Å². The summed E-state index contributed by atoms with van der Waals surface area (Å²) in [5.74, 6) is 0. The minimum absolute atomic E-state index is 0.261. The van der Waals surface area contributed by atoms with E-state index in [9.17, 15) is 8.42 Å². The van der Waals surface area contributed by atoms with E-state index >= 15 is 0 Å². The van der Waals surface area contributed by atoms with Gasteiger partial charge in [0.2, 0.25) is 10.0 Å². The Morgan fingerprint density at radius 2 is 1.90 bits per heavy atom. The van der Waals surface area contributed by atoms with Crippen molar-refractivity contribution >= 4 is 21.4 Å². The zero-order valence-corrected chi connectivity index (χ0v) is 19.1.